The van der Waals surface area contributed by atoms with Crippen LogP contribution in [0.25, 0.3) is 0 Å². The molecule has 0 amide bonds. The summed E-state index contributed by atoms with van der Waals surface area (Å²) >= 11 is 0. The van der Waals surface area contributed by atoms with Gasteiger partial charge < -0.3 is 18.6 Å². The van der Waals surface area contributed by atoms with E-state index in [4.69, 9.17) is 13.3 Å². The van der Waals surface area contributed by atoms with Gasteiger partial charge in [-0.3, -0.25) is 0 Å². The maximum absolute atomic E-state index is 5.81. The Morgan fingerprint density at radius 2 is 1.67 bits per heavy atom. The summed E-state index contributed by atoms with van der Waals surface area (Å²) in [5, 5.41) is 15.2. The Labute approximate surface area is 127 Å². The zero-order valence-corrected chi connectivity index (χ0v) is 14.5. The minimum atomic E-state index is -2.56. The third-order valence-corrected chi connectivity index (χ3v) is 5.87. The third-order valence-electron chi connectivity index (χ3n) is 2.72. The van der Waals surface area contributed by atoms with Gasteiger partial charge in [0.1, 0.15) is 0 Å². The van der Waals surface area contributed by atoms with Crippen molar-refractivity contribution < 1.29 is 13.3 Å². The van der Waals surface area contributed by atoms with E-state index in [2.05, 4.69) is 20.7 Å². The molecule has 21 heavy (non-hydrogen) atoms. The molecule has 1 rings (SSSR count). The van der Waals surface area contributed by atoms with E-state index in [0.29, 0.717) is 32.3 Å². The molecule has 0 unspecified atom stereocenters. The first-order valence-corrected chi connectivity index (χ1v) is 9.56. The van der Waals surface area contributed by atoms with Gasteiger partial charge in [-0.25, -0.2) is 0 Å². The number of rotatable bonds is 12. The van der Waals surface area contributed by atoms with Crippen molar-refractivity contribution in [2.45, 2.75) is 46.7 Å². The van der Waals surface area contributed by atoms with Gasteiger partial charge in [-0.05, 0) is 39.3 Å². The number of tetrazole rings is 1. The van der Waals surface area contributed by atoms with Crippen LogP contribution in [0.4, 0.5) is 5.95 Å². The molecule has 0 aliphatic rings. The lowest BCUT2D eigenvalue weighted by Gasteiger charge is -2.28. The van der Waals surface area contributed by atoms with E-state index >= 15 is 0 Å². The topological polar surface area (TPSA) is 83.3 Å². The maximum Gasteiger partial charge on any atom is 0.500 e. The van der Waals surface area contributed by atoms with Gasteiger partial charge in [0.25, 0.3) is 5.95 Å². The van der Waals surface area contributed by atoms with Crippen molar-refractivity contribution in [2.75, 3.05) is 31.7 Å². The molecule has 1 heterocycles. The van der Waals surface area contributed by atoms with Gasteiger partial charge in [-0.2, -0.15) is 4.80 Å². The molecule has 9 heteroatoms. The summed E-state index contributed by atoms with van der Waals surface area (Å²) in [7, 11) is -2.56. The molecule has 0 aliphatic carbocycles. The van der Waals surface area contributed by atoms with Gasteiger partial charge in [0.15, 0.2) is 0 Å². The van der Waals surface area contributed by atoms with E-state index in [1.165, 1.54) is 0 Å². The molecule has 0 aromatic carbocycles. The van der Waals surface area contributed by atoms with Crippen LogP contribution in [0.2, 0.25) is 6.04 Å². The van der Waals surface area contributed by atoms with Crippen LogP contribution in [0.5, 0.6) is 0 Å². The molecule has 0 fully saturated rings. The Balaban J connectivity index is 2.50. The Morgan fingerprint density at radius 3 is 2.19 bits per heavy atom. The molecule has 0 aliphatic heterocycles. The second-order valence-electron chi connectivity index (χ2n) is 4.32. The number of nitrogens with zero attached hydrogens (tertiary/aromatic N) is 4. The van der Waals surface area contributed by atoms with Crippen LogP contribution in [-0.4, -0.2) is 55.4 Å². The van der Waals surface area contributed by atoms with E-state index in [9.17, 15) is 0 Å². The fourth-order valence-corrected chi connectivity index (χ4v) is 4.60. The molecule has 1 aromatic heterocycles. The fourth-order valence-electron chi connectivity index (χ4n) is 2.01. The SMILES string of the molecule is CCNc1nnn(CCC[Si](OCC)(OCC)OCC)n1. The van der Waals surface area contributed by atoms with Crippen LogP contribution in [0.15, 0.2) is 0 Å². The quantitative estimate of drug-likeness (QED) is 0.585. The van der Waals surface area contributed by atoms with Gasteiger partial charge >= 0.3 is 8.80 Å². The molecule has 0 radical (unpaired) electrons. The first-order valence-electron chi connectivity index (χ1n) is 7.63. The molecule has 0 spiro atoms. The maximum atomic E-state index is 5.81. The Bertz CT molecular complexity index is 374. The highest BCUT2D eigenvalue weighted by Crippen LogP contribution is 2.18. The average Bonchev–Trinajstić information content (AvgIpc) is 2.88. The van der Waals surface area contributed by atoms with Gasteiger partial charge in [0, 0.05) is 32.4 Å². The second-order valence-corrected chi connectivity index (χ2v) is 7.06. The van der Waals surface area contributed by atoms with Crippen molar-refractivity contribution in [3.05, 3.63) is 0 Å². The number of hydrogen-bond acceptors (Lipinski definition) is 7. The smallest absolute Gasteiger partial charge is 0.374 e. The molecular formula is C12H27N5O3Si. The van der Waals surface area contributed by atoms with Gasteiger partial charge in [-0.15, -0.1) is 5.10 Å². The summed E-state index contributed by atoms with van der Waals surface area (Å²) in [6.07, 6.45) is 0.828. The van der Waals surface area contributed by atoms with Crippen molar-refractivity contribution in [3.63, 3.8) is 0 Å². The zero-order chi connectivity index (χ0) is 15.6. The van der Waals surface area contributed by atoms with Crippen LogP contribution in [0.3, 0.4) is 0 Å². The lowest BCUT2D eigenvalue weighted by atomic mass is 10.5. The molecule has 0 saturated heterocycles. The summed E-state index contributed by atoms with van der Waals surface area (Å²) in [6, 6.07) is 0.751. The molecule has 1 aromatic rings. The number of nitrogens with one attached hydrogen (secondary N) is 1. The minimum absolute atomic E-state index is 0.556. The molecule has 0 saturated carbocycles. The summed E-state index contributed by atoms with van der Waals surface area (Å²) < 4.78 is 17.4. The summed E-state index contributed by atoms with van der Waals surface area (Å²) in [5.41, 5.74) is 0. The third kappa shape index (κ3) is 6.08. The van der Waals surface area contributed by atoms with Gasteiger partial charge in [0.2, 0.25) is 0 Å². The Kier molecular flexibility index (Phi) is 8.43. The normalized spacial score (nSPS) is 11.8. The van der Waals surface area contributed by atoms with Crippen LogP contribution in [0, 0.1) is 0 Å². The van der Waals surface area contributed by atoms with E-state index in [0.717, 1.165) is 19.0 Å². The van der Waals surface area contributed by atoms with E-state index in [-0.39, 0.29) is 0 Å². The predicted molar refractivity (Wildman–Crippen MR) is 82.0 cm³/mol. The predicted octanol–water partition coefficient (Wildman–Crippen LogP) is 1.54. The first-order chi connectivity index (χ1) is 10.2. The number of aryl methyl sites for hydroxylation is 1. The number of anilines is 1. The van der Waals surface area contributed by atoms with Crippen LogP contribution in [0.1, 0.15) is 34.1 Å². The second kappa shape index (κ2) is 9.82. The summed E-state index contributed by atoms with van der Waals surface area (Å²) in [5.74, 6) is 0.556. The van der Waals surface area contributed by atoms with Crippen molar-refractivity contribution >= 4 is 14.8 Å². The highest BCUT2D eigenvalue weighted by Gasteiger charge is 2.39. The number of hydrogen-bond donors (Lipinski definition) is 1. The average molecular weight is 317 g/mol. The minimum Gasteiger partial charge on any atom is -0.374 e. The van der Waals surface area contributed by atoms with E-state index in [1.54, 1.807) is 4.80 Å². The molecule has 0 bridgehead atoms. The van der Waals surface area contributed by atoms with Crippen molar-refractivity contribution in [1.29, 1.82) is 0 Å². The monoisotopic (exact) mass is 317 g/mol. The lowest BCUT2D eigenvalue weighted by molar-refractivity contribution is 0.0703. The van der Waals surface area contributed by atoms with Crippen LogP contribution in [-0.2, 0) is 19.8 Å². The Hall–Kier alpha value is -1.03. The van der Waals surface area contributed by atoms with E-state index < -0.39 is 8.80 Å². The van der Waals surface area contributed by atoms with Crippen molar-refractivity contribution in [1.82, 2.24) is 20.2 Å². The molecule has 1 N–H and O–H groups in total. The number of aromatic nitrogens is 4. The largest absolute Gasteiger partial charge is 0.500 e. The lowest BCUT2D eigenvalue weighted by Crippen LogP contribution is -2.46. The highest BCUT2D eigenvalue weighted by atomic mass is 28.4. The molecular weight excluding hydrogens is 290 g/mol. The first kappa shape index (κ1) is 18.0. The van der Waals surface area contributed by atoms with Crippen LogP contribution >= 0.6 is 0 Å². The summed E-state index contributed by atoms with van der Waals surface area (Å²) in [4.78, 5) is 1.58. The summed E-state index contributed by atoms with van der Waals surface area (Å²) in [6.45, 7) is 11.1. The van der Waals surface area contributed by atoms with Crippen LogP contribution < -0.4 is 5.32 Å². The molecule has 8 nitrogen and oxygen atoms in total. The van der Waals surface area contributed by atoms with Gasteiger partial charge in [-0.1, -0.05) is 5.10 Å². The molecule has 122 valence electrons. The van der Waals surface area contributed by atoms with E-state index in [1.807, 2.05) is 27.7 Å². The molecule has 0 atom stereocenters. The van der Waals surface area contributed by atoms with Crippen molar-refractivity contribution in [2.24, 2.45) is 0 Å². The van der Waals surface area contributed by atoms with Gasteiger partial charge in [0.05, 0.1) is 6.54 Å². The van der Waals surface area contributed by atoms with Crippen molar-refractivity contribution in [3.8, 4) is 0 Å². The standard InChI is InChI=1S/C12H27N5O3Si/c1-5-13-12-14-16-17(15-12)10-9-11-21(18-6-2,19-7-3)20-8-4/h5-11H2,1-4H3,(H,13,15). The highest BCUT2D eigenvalue weighted by molar-refractivity contribution is 6.60. The Morgan fingerprint density at radius 1 is 1.05 bits per heavy atom. The zero-order valence-electron chi connectivity index (χ0n) is 13.5. The fraction of sp³-hybridized carbons (Fsp3) is 0.917.